The van der Waals surface area contributed by atoms with E-state index in [9.17, 15) is 0 Å². The maximum Gasteiger partial charge on any atom is 0.0669 e. The predicted molar refractivity (Wildman–Crippen MR) is 68.8 cm³/mol. The zero-order valence-electron chi connectivity index (χ0n) is 9.74. The van der Waals surface area contributed by atoms with Crippen molar-refractivity contribution in [3.8, 4) is 0 Å². The van der Waals surface area contributed by atoms with Crippen molar-refractivity contribution < 1.29 is 4.74 Å². The van der Waals surface area contributed by atoms with E-state index in [1.165, 1.54) is 28.9 Å². The van der Waals surface area contributed by atoms with Crippen LogP contribution >= 0.6 is 11.8 Å². The van der Waals surface area contributed by atoms with Gasteiger partial charge in [0.15, 0.2) is 0 Å². The largest absolute Gasteiger partial charge is 0.377 e. The molecule has 1 heterocycles. The van der Waals surface area contributed by atoms with E-state index in [0.717, 1.165) is 12.4 Å². The number of hydrogen-bond donors (Lipinski definition) is 1. The van der Waals surface area contributed by atoms with Crippen LogP contribution in [0.25, 0.3) is 0 Å². The van der Waals surface area contributed by atoms with Gasteiger partial charge in [0.1, 0.15) is 0 Å². The van der Waals surface area contributed by atoms with E-state index in [4.69, 9.17) is 10.5 Å². The van der Waals surface area contributed by atoms with E-state index in [0.29, 0.717) is 12.6 Å². The highest BCUT2D eigenvalue weighted by Gasteiger charge is 2.16. The van der Waals surface area contributed by atoms with E-state index < -0.39 is 0 Å². The van der Waals surface area contributed by atoms with Crippen molar-refractivity contribution in [1.82, 2.24) is 0 Å². The van der Waals surface area contributed by atoms with E-state index in [1.54, 1.807) is 0 Å². The third-order valence-corrected chi connectivity index (χ3v) is 4.13. The molecule has 3 heteroatoms. The van der Waals surface area contributed by atoms with Crippen LogP contribution in [0, 0.1) is 6.92 Å². The molecule has 16 heavy (non-hydrogen) atoms. The number of rotatable bonds is 4. The number of ether oxygens (including phenoxy) is 1. The summed E-state index contributed by atoms with van der Waals surface area (Å²) in [6.45, 7) is 3.66. The predicted octanol–water partition coefficient (Wildman–Crippen LogP) is 2.72. The molecular weight excluding hydrogens is 218 g/mol. The van der Waals surface area contributed by atoms with Crippen molar-refractivity contribution >= 4 is 11.8 Å². The van der Waals surface area contributed by atoms with Gasteiger partial charge in [-0.05, 0) is 31.4 Å². The van der Waals surface area contributed by atoms with Crippen LogP contribution in [0.15, 0.2) is 23.1 Å². The second-order valence-corrected chi connectivity index (χ2v) is 5.32. The minimum absolute atomic E-state index is 0.442. The standard InChI is InChI=1S/C13H19NOS/c1-10-4-5-13(11(7-10)8-14)16-9-12-3-2-6-15-12/h4-5,7,12H,2-3,6,8-9,14H2,1H3. The minimum atomic E-state index is 0.442. The van der Waals surface area contributed by atoms with Crippen molar-refractivity contribution in [2.24, 2.45) is 5.73 Å². The van der Waals surface area contributed by atoms with Crippen molar-refractivity contribution in [2.75, 3.05) is 12.4 Å². The Morgan fingerprint density at radius 3 is 3.06 bits per heavy atom. The molecule has 0 aromatic heterocycles. The molecule has 1 aliphatic rings. The molecule has 1 atom stereocenters. The topological polar surface area (TPSA) is 35.2 Å². The van der Waals surface area contributed by atoms with Gasteiger partial charge in [0, 0.05) is 23.8 Å². The van der Waals surface area contributed by atoms with Gasteiger partial charge in [0.2, 0.25) is 0 Å². The number of hydrogen-bond acceptors (Lipinski definition) is 3. The molecule has 88 valence electrons. The van der Waals surface area contributed by atoms with Crippen LogP contribution in [0.4, 0.5) is 0 Å². The van der Waals surface area contributed by atoms with Crippen LogP contribution in [0.1, 0.15) is 24.0 Å². The lowest BCUT2D eigenvalue weighted by molar-refractivity contribution is 0.129. The van der Waals surface area contributed by atoms with Gasteiger partial charge in [0.05, 0.1) is 6.10 Å². The Labute approximate surface area is 102 Å². The lowest BCUT2D eigenvalue weighted by Crippen LogP contribution is -2.08. The molecule has 1 fully saturated rings. The normalized spacial score (nSPS) is 20.2. The fraction of sp³-hybridized carbons (Fsp3) is 0.538. The molecule has 0 saturated carbocycles. The first-order valence-corrected chi connectivity index (χ1v) is 6.82. The Morgan fingerprint density at radius 1 is 1.50 bits per heavy atom. The summed E-state index contributed by atoms with van der Waals surface area (Å²) >= 11 is 1.87. The molecule has 2 nitrogen and oxygen atoms in total. The average Bonchev–Trinajstić information content (AvgIpc) is 2.80. The van der Waals surface area contributed by atoms with E-state index in [-0.39, 0.29) is 0 Å². The minimum Gasteiger partial charge on any atom is -0.377 e. The first kappa shape index (κ1) is 12.0. The lowest BCUT2D eigenvalue weighted by atomic mass is 10.1. The number of thioether (sulfide) groups is 1. The molecule has 2 N–H and O–H groups in total. The van der Waals surface area contributed by atoms with Gasteiger partial charge in [-0.1, -0.05) is 17.7 Å². The molecule has 0 radical (unpaired) electrons. The molecule has 1 aromatic carbocycles. The first-order valence-electron chi connectivity index (χ1n) is 5.83. The van der Waals surface area contributed by atoms with Crippen LogP contribution in [-0.2, 0) is 11.3 Å². The van der Waals surface area contributed by atoms with Crippen LogP contribution in [0.5, 0.6) is 0 Å². The summed E-state index contributed by atoms with van der Waals surface area (Å²) in [4.78, 5) is 1.31. The summed E-state index contributed by atoms with van der Waals surface area (Å²) in [7, 11) is 0. The summed E-state index contributed by atoms with van der Waals surface area (Å²) < 4.78 is 5.62. The Kier molecular flexibility index (Phi) is 4.27. The third-order valence-electron chi connectivity index (χ3n) is 2.88. The second-order valence-electron chi connectivity index (χ2n) is 4.26. The van der Waals surface area contributed by atoms with Crippen LogP contribution < -0.4 is 5.73 Å². The number of benzene rings is 1. The lowest BCUT2D eigenvalue weighted by Gasteiger charge is -2.11. The smallest absolute Gasteiger partial charge is 0.0669 e. The van der Waals surface area contributed by atoms with Gasteiger partial charge in [-0.3, -0.25) is 0 Å². The van der Waals surface area contributed by atoms with Crippen LogP contribution in [-0.4, -0.2) is 18.5 Å². The van der Waals surface area contributed by atoms with Gasteiger partial charge >= 0.3 is 0 Å². The molecule has 0 bridgehead atoms. The fourth-order valence-electron chi connectivity index (χ4n) is 1.97. The Morgan fingerprint density at radius 2 is 2.38 bits per heavy atom. The summed E-state index contributed by atoms with van der Waals surface area (Å²) in [5.74, 6) is 1.05. The molecule has 1 saturated heterocycles. The van der Waals surface area contributed by atoms with Crippen molar-refractivity contribution in [1.29, 1.82) is 0 Å². The molecule has 1 aliphatic heterocycles. The summed E-state index contributed by atoms with van der Waals surface area (Å²) in [6, 6.07) is 6.51. The Balaban J connectivity index is 1.97. The summed E-state index contributed by atoms with van der Waals surface area (Å²) in [5, 5.41) is 0. The average molecular weight is 237 g/mol. The van der Waals surface area contributed by atoms with Crippen molar-refractivity contribution in [3.63, 3.8) is 0 Å². The van der Waals surface area contributed by atoms with Gasteiger partial charge in [-0.25, -0.2) is 0 Å². The van der Waals surface area contributed by atoms with Crippen molar-refractivity contribution in [2.45, 2.75) is 37.3 Å². The highest BCUT2D eigenvalue weighted by molar-refractivity contribution is 7.99. The van der Waals surface area contributed by atoms with Gasteiger partial charge in [0.25, 0.3) is 0 Å². The third kappa shape index (κ3) is 3.00. The fourth-order valence-corrected chi connectivity index (χ4v) is 3.09. The zero-order chi connectivity index (χ0) is 11.4. The number of aryl methyl sites for hydroxylation is 1. The van der Waals surface area contributed by atoms with Crippen molar-refractivity contribution in [3.05, 3.63) is 29.3 Å². The number of nitrogens with two attached hydrogens (primary N) is 1. The molecule has 1 unspecified atom stereocenters. The molecular formula is C13H19NOS. The maximum atomic E-state index is 5.76. The van der Waals surface area contributed by atoms with E-state index in [2.05, 4.69) is 25.1 Å². The Hall–Kier alpha value is -0.510. The van der Waals surface area contributed by atoms with Crippen LogP contribution in [0.2, 0.25) is 0 Å². The van der Waals surface area contributed by atoms with E-state index in [1.807, 2.05) is 11.8 Å². The van der Waals surface area contributed by atoms with E-state index >= 15 is 0 Å². The second kappa shape index (κ2) is 5.71. The zero-order valence-corrected chi connectivity index (χ0v) is 10.6. The highest BCUT2D eigenvalue weighted by atomic mass is 32.2. The molecule has 0 amide bonds. The SMILES string of the molecule is Cc1ccc(SCC2CCCO2)c(CN)c1. The van der Waals surface area contributed by atoms with Crippen LogP contribution in [0.3, 0.4) is 0 Å². The summed E-state index contributed by atoms with van der Waals surface area (Å²) in [5.41, 5.74) is 8.29. The highest BCUT2D eigenvalue weighted by Crippen LogP contribution is 2.27. The summed E-state index contributed by atoms with van der Waals surface area (Å²) in [6.07, 6.45) is 2.86. The Bertz CT molecular complexity index is 348. The molecule has 2 rings (SSSR count). The van der Waals surface area contributed by atoms with Gasteiger partial charge < -0.3 is 10.5 Å². The monoisotopic (exact) mass is 237 g/mol. The molecule has 0 aliphatic carbocycles. The van der Waals surface area contributed by atoms with Gasteiger partial charge in [-0.15, -0.1) is 11.8 Å². The first-order chi connectivity index (χ1) is 7.79. The van der Waals surface area contributed by atoms with Gasteiger partial charge in [-0.2, -0.15) is 0 Å². The molecule has 0 spiro atoms. The maximum absolute atomic E-state index is 5.76. The molecule has 1 aromatic rings. The quantitative estimate of drug-likeness (QED) is 0.818.